The fourth-order valence-corrected chi connectivity index (χ4v) is 13.3. The first-order chi connectivity index (χ1) is 29.1. The number of carboxylic acids is 1. The highest BCUT2D eigenvalue weighted by atomic mass is 36.0. The molecule has 3 fully saturated rings. The Hall–Kier alpha value is -3.78. The number of fused-ring (bicyclic) bond motifs is 8. The van der Waals surface area contributed by atoms with Crippen LogP contribution in [0.5, 0.6) is 11.5 Å². The zero-order valence-corrected chi connectivity index (χ0v) is 36.8. The molecule has 0 saturated heterocycles. The van der Waals surface area contributed by atoms with E-state index in [-0.39, 0.29) is 52.6 Å². The van der Waals surface area contributed by atoms with Gasteiger partial charge in [0.25, 0.3) is 5.70 Å². The maximum absolute atomic E-state index is 14.0. The zero-order valence-electron chi connectivity index (χ0n) is 32.9. The molecule has 14 heteroatoms. The minimum absolute atomic E-state index is 0.0113. The van der Waals surface area contributed by atoms with Crippen molar-refractivity contribution >= 4 is 72.0 Å². The van der Waals surface area contributed by atoms with E-state index in [2.05, 4.69) is 80.8 Å². The lowest BCUT2D eigenvalue weighted by Crippen LogP contribution is -2.52. The number of ether oxygens (including phenoxy) is 2. The Morgan fingerprint density at radius 1 is 0.717 bits per heavy atom. The van der Waals surface area contributed by atoms with E-state index in [1.807, 2.05) is 0 Å². The quantitative estimate of drug-likeness (QED) is 0.0866. The lowest BCUT2D eigenvalue weighted by atomic mass is 9.43. The predicted octanol–water partition coefficient (Wildman–Crippen LogP) is 12.1. The maximum Gasteiger partial charge on any atom is 0.314 e. The molecule has 6 aliphatic carbocycles. The number of hydrogen-bond acceptors (Lipinski definition) is 9. The summed E-state index contributed by atoms with van der Waals surface area (Å²) in [5.74, 6) is -0.485. The van der Waals surface area contributed by atoms with Gasteiger partial charge in [-0.2, -0.15) is 0 Å². The van der Waals surface area contributed by atoms with Crippen LogP contribution in [0.2, 0.25) is 0 Å². The molecular formula is C46H44Cl2N2O7S3. The lowest BCUT2D eigenvalue weighted by molar-refractivity contribution is -0.143. The molecule has 0 bridgehead atoms. The van der Waals surface area contributed by atoms with Crippen LogP contribution in [0.1, 0.15) is 142 Å². The summed E-state index contributed by atoms with van der Waals surface area (Å²) >= 11 is 2.60. The van der Waals surface area contributed by atoms with E-state index in [0.29, 0.717) is 25.5 Å². The largest absolute Gasteiger partial charge is 0.481 e. The Labute approximate surface area is 370 Å². The van der Waals surface area contributed by atoms with Crippen molar-refractivity contribution in [3.05, 3.63) is 103 Å². The maximum atomic E-state index is 14.0. The molecule has 3 aromatic rings. The number of rotatable bonds is 5. The molecule has 312 valence electrons. The number of allylic oxidation sites excluding steroid dienone is 1. The molecular weight excluding hydrogens is 860 g/mol. The highest BCUT2D eigenvalue weighted by molar-refractivity contribution is 8.26. The van der Waals surface area contributed by atoms with Gasteiger partial charge in [0, 0.05) is 49.7 Å². The van der Waals surface area contributed by atoms with Gasteiger partial charge in [-0.3, -0.25) is 14.4 Å². The summed E-state index contributed by atoms with van der Waals surface area (Å²) < 4.78 is 22.8. The summed E-state index contributed by atoms with van der Waals surface area (Å²) in [6, 6.07) is 19.2. The van der Waals surface area contributed by atoms with E-state index in [0.717, 1.165) is 101 Å². The van der Waals surface area contributed by atoms with Gasteiger partial charge >= 0.3 is 17.9 Å². The number of carbonyl (C=O) groups excluding carboxylic acids is 2. The third-order valence-electron chi connectivity index (χ3n) is 13.4. The predicted molar refractivity (Wildman–Crippen MR) is 233 cm³/mol. The number of nitrogens with zero attached hydrogens (tertiary/aromatic N) is 2. The fourth-order valence-electron chi connectivity index (χ4n) is 10.8. The van der Waals surface area contributed by atoms with E-state index in [4.69, 9.17) is 25.4 Å². The Bertz CT molecular complexity index is 2230. The van der Waals surface area contributed by atoms with Crippen molar-refractivity contribution in [1.29, 1.82) is 5.26 Å². The van der Waals surface area contributed by atoms with Crippen molar-refractivity contribution in [3.63, 3.8) is 0 Å². The smallest absolute Gasteiger partial charge is 0.314 e. The minimum Gasteiger partial charge on any atom is -0.481 e. The topological polar surface area (TPSA) is 135 Å². The normalized spacial score (nSPS) is 23.3. The Kier molecular flexibility index (Phi) is 13.1. The standard InChI is InChI=1S/C39H32N2O4S2.C7H12O2.Cl2OS/c1-41-27(20-40)38-46-34-32(44-36(42)21-12-4-2-5-13-21)28-29(33(35(34)47-38)45-37(43)22-14-6-3-7-15-22)31-24-17-9-11-19-26(24)39(31)25-18-10-8-16-23(25)30(28)39;8-7(9)6-4-2-1-3-5-6;1-4(2)3/h8-11,16-19,21-22,30-31H,2-7,12-15H2;6H,1-5H2,(H,8,9);. The monoisotopic (exact) mass is 902 g/mol. The minimum atomic E-state index is -1.67. The highest BCUT2D eigenvalue weighted by Crippen LogP contribution is 2.81. The molecule has 1 spiro atoms. The molecule has 0 amide bonds. The Balaban J connectivity index is 0.000000332. The summed E-state index contributed by atoms with van der Waals surface area (Å²) in [5.41, 5.74) is 6.48. The summed E-state index contributed by atoms with van der Waals surface area (Å²) in [6.45, 7) is 7.71. The van der Waals surface area contributed by atoms with Crippen LogP contribution in [0.3, 0.4) is 0 Å². The highest BCUT2D eigenvalue weighted by Gasteiger charge is 2.71. The van der Waals surface area contributed by atoms with Crippen molar-refractivity contribution in [2.45, 2.75) is 123 Å². The number of benzene rings is 3. The second-order valence-electron chi connectivity index (χ2n) is 16.5. The SMILES string of the molecule is O=C(O)C1CCCCC1.O=S(Cl)Cl.[C-]#[N+]C(C#N)=C1Sc2c(OC(=O)C3CCCCC3)c3c(c(OC(=O)C4CCCCC4)c2S1)C1c2ccccc2C12c1ccccc1C32. The number of halogens is 2. The molecule has 0 radical (unpaired) electrons. The summed E-state index contributed by atoms with van der Waals surface area (Å²) in [6.07, 6.45) is 14.8. The number of nitriles is 1. The Morgan fingerprint density at radius 2 is 1.10 bits per heavy atom. The third-order valence-corrected chi connectivity index (χ3v) is 15.9. The van der Waals surface area contributed by atoms with Crippen LogP contribution in [0, 0.1) is 35.7 Å². The van der Waals surface area contributed by atoms with Crippen LogP contribution < -0.4 is 9.47 Å². The van der Waals surface area contributed by atoms with Crippen molar-refractivity contribution in [3.8, 4) is 17.6 Å². The lowest BCUT2D eigenvalue weighted by Gasteiger charge is -2.58. The van der Waals surface area contributed by atoms with Crippen molar-refractivity contribution < 1.29 is 33.2 Å². The van der Waals surface area contributed by atoms with Crippen LogP contribution in [0.4, 0.5) is 0 Å². The molecule has 7 aliphatic rings. The second kappa shape index (κ2) is 18.3. The van der Waals surface area contributed by atoms with Gasteiger partial charge in [-0.25, -0.2) is 14.3 Å². The van der Waals surface area contributed by atoms with Crippen LogP contribution in [-0.2, 0) is 29.0 Å². The molecule has 10 rings (SSSR count). The first kappa shape index (κ1) is 42.9. The Morgan fingerprint density at radius 3 is 1.45 bits per heavy atom. The number of carboxylic acid groups (broad SMARTS) is 1. The van der Waals surface area contributed by atoms with Crippen LogP contribution in [-0.4, -0.2) is 27.2 Å². The number of aliphatic carboxylic acids is 1. The van der Waals surface area contributed by atoms with Gasteiger partial charge in [0.2, 0.25) is 9.23 Å². The zero-order chi connectivity index (χ0) is 42.1. The molecule has 1 N–H and O–H groups in total. The molecule has 3 saturated carbocycles. The molecule has 60 heavy (non-hydrogen) atoms. The first-order valence-electron chi connectivity index (χ1n) is 20.8. The molecule has 1 heterocycles. The van der Waals surface area contributed by atoms with Gasteiger partial charge in [0.1, 0.15) is 11.5 Å². The van der Waals surface area contributed by atoms with E-state index in [9.17, 15) is 19.6 Å². The number of carbonyl (C=O) groups is 3. The van der Waals surface area contributed by atoms with E-state index < -0.39 is 15.2 Å². The third kappa shape index (κ3) is 7.59. The number of hydrogen-bond donors (Lipinski definition) is 1. The van der Waals surface area contributed by atoms with Gasteiger partial charge in [0.15, 0.2) is 0 Å². The van der Waals surface area contributed by atoms with E-state index >= 15 is 0 Å². The second-order valence-corrected chi connectivity index (χ2v) is 21.3. The van der Waals surface area contributed by atoms with Crippen LogP contribution in [0.15, 0.2) is 68.3 Å². The van der Waals surface area contributed by atoms with Gasteiger partial charge in [-0.05, 0) is 60.8 Å². The van der Waals surface area contributed by atoms with Crippen molar-refractivity contribution in [1.82, 2.24) is 0 Å². The molecule has 0 aromatic heterocycles. The molecule has 2 unspecified atom stereocenters. The summed E-state index contributed by atoms with van der Waals surface area (Å²) in [4.78, 5) is 43.2. The number of esters is 2. The van der Waals surface area contributed by atoms with Gasteiger partial charge in [0.05, 0.1) is 44.4 Å². The van der Waals surface area contributed by atoms with Crippen molar-refractivity contribution in [2.75, 3.05) is 0 Å². The van der Waals surface area contributed by atoms with Crippen molar-refractivity contribution in [2.24, 2.45) is 17.8 Å². The van der Waals surface area contributed by atoms with Gasteiger partial charge in [-0.1, -0.05) is 130 Å². The van der Waals surface area contributed by atoms with Crippen LogP contribution >= 0.6 is 44.9 Å². The average molecular weight is 904 g/mol. The average Bonchev–Trinajstić information content (AvgIpc) is 3.79. The van der Waals surface area contributed by atoms with E-state index in [1.54, 1.807) is 0 Å². The fraction of sp³-hybridized carbons (Fsp3) is 0.457. The first-order valence-corrected chi connectivity index (χ1v) is 25.3. The molecule has 3 aromatic carbocycles. The van der Waals surface area contributed by atoms with Gasteiger partial charge in [-0.15, -0.1) is 0 Å². The molecule has 9 nitrogen and oxygen atoms in total. The van der Waals surface area contributed by atoms with Gasteiger partial charge < -0.3 is 14.6 Å². The summed E-state index contributed by atoms with van der Waals surface area (Å²) in [5, 5.41) is 18.4. The number of thioether (sulfide) groups is 2. The molecule has 1 aliphatic heterocycles. The van der Waals surface area contributed by atoms with Crippen LogP contribution in [0.25, 0.3) is 4.85 Å². The summed E-state index contributed by atoms with van der Waals surface area (Å²) in [7, 11) is 7.36. The van der Waals surface area contributed by atoms with E-state index in [1.165, 1.54) is 52.2 Å². The molecule has 2 atom stereocenters.